The van der Waals surface area contributed by atoms with Crippen LogP contribution in [0.3, 0.4) is 0 Å². The van der Waals surface area contributed by atoms with Crippen LogP contribution in [0.1, 0.15) is 26.7 Å². The van der Waals surface area contributed by atoms with Gasteiger partial charge < -0.3 is 0 Å². The Balaban J connectivity index is 3.33. The molecule has 4 nitrogen and oxygen atoms in total. The Bertz CT molecular complexity index is 652. The van der Waals surface area contributed by atoms with Crippen LogP contribution in [0.2, 0.25) is 10.0 Å². The monoisotopic (exact) mass is 338 g/mol. The fraction of sp³-hybridized carbons (Fsp3) is 0.417. The summed E-state index contributed by atoms with van der Waals surface area (Å²) in [5.41, 5.74) is -1.25. The van der Waals surface area contributed by atoms with Crippen molar-refractivity contribution in [3.8, 4) is 6.07 Å². The lowest BCUT2D eigenvalue weighted by Crippen LogP contribution is -2.46. The average molecular weight is 339 g/mol. The molecule has 0 saturated heterocycles. The molecule has 0 aliphatic heterocycles. The van der Waals surface area contributed by atoms with Crippen molar-refractivity contribution in [3.05, 3.63) is 28.0 Å². The highest BCUT2D eigenvalue weighted by Crippen LogP contribution is 2.30. The number of rotatable bonds is 5. The number of nitrogens with zero attached hydrogens (tertiary/aromatic N) is 1. The van der Waals surface area contributed by atoms with Gasteiger partial charge >= 0.3 is 0 Å². The summed E-state index contributed by atoms with van der Waals surface area (Å²) in [4.78, 5) is -0.442. The van der Waals surface area contributed by atoms with Crippen LogP contribution in [-0.2, 0) is 10.0 Å². The summed E-state index contributed by atoms with van der Waals surface area (Å²) in [5, 5.41) is 8.28. The minimum atomic E-state index is -4.13. The van der Waals surface area contributed by atoms with Crippen LogP contribution in [-0.4, -0.2) is 14.0 Å². The van der Waals surface area contributed by atoms with Gasteiger partial charge in [0.15, 0.2) is 5.82 Å². The van der Waals surface area contributed by atoms with E-state index in [0.717, 1.165) is 12.1 Å². The van der Waals surface area contributed by atoms with E-state index >= 15 is 0 Å². The molecule has 0 aliphatic carbocycles. The van der Waals surface area contributed by atoms with Gasteiger partial charge in [-0.15, -0.1) is 0 Å². The summed E-state index contributed by atoms with van der Waals surface area (Å²) in [7, 11) is -4.13. The van der Waals surface area contributed by atoms with E-state index in [2.05, 4.69) is 4.72 Å². The number of nitriles is 1. The summed E-state index contributed by atoms with van der Waals surface area (Å²) >= 11 is 11.2. The number of halogens is 3. The minimum Gasteiger partial charge on any atom is -0.207 e. The normalized spacial score (nSPS) is 12.2. The topological polar surface area (TPSA) is 70.0 Å². The molecule has 0 radical (unpaired) electrons. The number of hydrogen-bond donors (Lipinski definition) is 1. The van der Waals surface area contributed by atoms with E-state index in [1.165, 1.54) is 0 Å². The van der Waals surface area contributed by atoms with Gasteiger partial charge in [0.1, 0.15) is 10.4 Å². The van der Waals surface area contributed by atoms with E-state index in [4.69, 9.17) is 28.5 Å². The maximum absolute atomic E-state index is 13.6. The van der Waals surface area contributed by atoms with Gasteiger partial charge in [0.05, 0.1) is 16.1 Å². The van der Waals surface area contributed by atoms with Crippen molar-refractivity contribution in [1.29, 1.82) is 5.26 Å². The molecule has 0 amide bonds. The Morgan fingerprint density at radius 3 is 2.35 bits per heavy atom. The SMILES string of the molecule is CCC(C#N)(CC)NS(=O)(=O)c1ccc(Cl)c(F)c1Cl. The number of benzene rings is 1. The van der Waals surface area contributed by atoms with E-state index in [1.54, 1.807) is 13.8 Å². The third-order valence-electron chi connectivity index (χ3n) is 3.04. The minimum absolute atomic E-state index is 0.271. The van der Waals surface area contributed by atoms with Crippen LogP contribution in [0, 0.1) is 17.1 Å². The molecule has 0 aromatic heterocycles. The maximum atomic E-state index is 13.6. The van der Waals surface area contributed by atoms with Gasteiger partial charge in [0.2, 0.25) is 10.0 Å². The van der Waals surface area contributed by atoms with Crippen molar-refractivity contribution < 1.29 is 12.8 Å². The van der Waals surface area contributed by atoms with E-state index < -0.39 is 31.3 Å². The summed E-state index contributed by atoms with van der Waals surface area (Å²) in [6, 6.07) is 4.13. The molecule has 1 aromatic rings. The first-order valence-electron chi connectivity index (χ1n) is 5.81. The summed E-state index contributed by atoms with van der Waals surface area (Å²) in [6.45, 7) is 3.36. The molecule has 0 fully saturated rings. The van der Waals surface area contributed by atoms with Gasteiger partial charge in [-0.05, 0) is 25.0 Å². The molecule has 0 unspecified atom stereocenters. The molecule has 0 heterocycles. The fourth-order valence-corrected chi connectivity index (χ4v) is 3.81. The lowest BCUT2D eigenvalue weighted by atomic mass is 9.97. The van der Waals surface area contributed by atoms with E-state index in [1.807, 2.05) is 6.07 Å². The third kappa shape index (κ3) is 3.23. The molecule has 1 rings (SSSR count). The van der Waals surface area contributed by atoms with Crippen molar-refractivity contribution in [1.82, 2.24) is 4.72 Å². The molecule has 8 heteroatoms. The van der Waals surface area contributed by atoms with Crippen LogP contribution in [0.5, 0.6) is 0 Å². The zero-order chi connectivity index (χ0) is 15.6. The Hall–Kier alpha value is -0.870. The molecule has 1 N–H and O–H groups in total. The van der Waals surface area contributed by atoms with Gasteiger partial charge in [-0.25, -0.2) is 12.8 Å². The lowest BCUT2D eigenvalue weighted by Gasteiger charge is -2.24. The third-order valence-corrected chi connectivity index (χ3v) is 5.39. The van der Waals surface area contributed by atoms with Crippen molar-refractivity contribution >= 4 is 33.2 Å². The van der Waals surface area contributed by atoms with Gasteiger partial charge in [-0.3, -0.25) is 0 Å². The predicted molar refractivity (Wildman–Crippen MR) is 75.7 cm³/mol. The zero-order valence-corrected chi connectivity index (χ0v) is 13.2. The Labute approximate surface area is 127 Å². The van der Waals surface area contributed by atoms with Crippen molar-refractivity contribution in [3.63, 3.8) is 0 Å². The average Bonchev–Trinajstić information content (AvgIpc) is 2.42. The fourth-order valence-electron chi connectivity index (χ4n) is 1.60. The van der Waals surface area contributed by atoms with Crippen molar-refractivity contribution in [2.45, 2.75) is 37.1 Å². The number of nitrogens with one attached hydrogen (secondary N) is 1. The van der Waals surface area contributed by atoms with Crippen LogP contribution >= 0.6 is 23.2 Å². The largest absolute Gasteiger partial charge is 0.243 e. The smallest absolute Gasteiger partial charge is 0.207 e. The summed E-state index contributed by atoms with van der Waals surface area (Å²) in [6.07, 6.45) is 0.542. The quantitative estimate of drug-likeness (QED) is 0.835. The number of hydrogen-bond acceptors (Lipinski definition) is 3. The second-order valence-electron chi connectivity index (χ2n) is 4.18. The second-order valence-corrected chi connectivity index (χ2v) is 6.62. The van der Waals surface area contributed by atoms with E-state index in [-0.39, 0.29) is 17.9 Å². The molecule has 110 valence electrons. The molecule has 1 aromatic carbocycles. The highest BCUT2D eigenvalue weighted by Gasteiger charge is 2.33. The van der Waals surface area contributed by atoms with Crippen LogP contribution in [0.15, 0.2) is 17.0 Å². The summed E-state index contributed by atoms with van der Waals surface area (Å²) < 4.78 is 40.4. The van der Waals surface area contributed by atoms with Gasteiger partial charge in [0, 0.05) is 0 Å². The molecular formula is C12H13Cl2FN2O2S. The molecule has 0 bridgehead atoms. The first-order valence-corrected chi connectivity index (χ1v) is 8.05. The van der Waals surface area contributed by atoms with Gasteiger partial charge in [-0.2, -0.15) is 9.98 Å². The van der Waals surface area contributed by atoms with Crippen molar-refractivity contribution in [2.75, 3.05) is 0 Å². The van der Waals surface area contributed by atoms with Crippen LogP contribution < -0.4 is 4.72 Å². The highest BCUT2D eigenvalue weighted by atomic mass is 35.5. The van der Waals surface area contributed by atoms with Gasteiger partial charge in [-0.1, -0.05) is 37.0 Å². The summed E-state index contributed by atoms with van der Waals surface area (Å²) in [5.74, 6) is -1.01. The van der Waals surface area contributed by atoms with Crippen LogP contribution in [0.4, 0.5) is 4.39 Å². The van der Waals surface area contributed by atoms with Crippen LogP contribution in [0.25, 0.3) is 0 Å². The van der Waals surface area contributed by atoms with Gasteiger partial charge in [0.25, 0.3) is 0 Å². The van der Waals surface area contributed by atoms with Crippen molar-refractivity contribution in [2.24, 2.45) is 0 Å². The molecule has 0 spiro atoms. The first kappa shape index (κ1) is 17.2. The molecule has 0 aliphatic rings. The molecular weight excluding hydrogens is 326 g/mol. The zero-order valence-electron chi connectivity index (χ0n) is 10.9. The molecule has 20 heavy (non-hydrogen) atoms. The Morgan fingerprint density at radius 2 is 1.90 bits per heavy atom. The van der Waals surface area contributed by atoms with E-state index in [9.17, 15) is 12.8 Å². The Kier molecular flexibility index (Phi) is 5.39. The second kappa shape index (κ2) is 6.27. The predicted octanol–water partition coefficient (Wildman–Crippen LogP) is 3.49. The molecule has 0 atom stereocenters. The maximum Gasteiger partial charge on any atom is 0.243 e. The lowest BCUT2D eigenvalue weighted by molar-refractivity contribution is 0.446. The molecule has 0 saturated carbocycles. The first-order chi connectivity index (χ1) is 9.23. The Morgan fingerprint density at radius 1 is 1.35 bits per heavy atom. The number of sulfonamides is 1. The van der Waals surface area contributed by atoms with E-state index in [0.29, 0.717) is 0 Å². The standard InChI is InChI=1S/C12H13Cl2FN2O2S/c1-3-12(4-2,7-16)17-20(18,19)9-6-5-8(13)11(15)10(9)14/h5-6,17H,3-4H2,1-2H3. The highest BCUT2D eigenvalue weighted by molar-refractivity contribution is 7.89.